The number of nitrogens with zero attached hydrogens (tertiary/aromatic N) is 2. The van der Waals surface area contributed by atoms with Crippen LogP contribution < -0.4 is 15.0 Å². The minimum absolute atomic E-state index is 0.707. The highest BCUT2D eigenvalue weighted by molar-refractivity contribution is 7.80. The molecule has 134 valence electrons. The molecular weight excluding hydrogens is 330 g/mol. The van der Waals surface area contributed by atoms with Crippen LogP contribution in [0.2, 0.25) is 0 Å². The fourth-order valence-corrected chi connectivity index (χ4v) is 2.75. The number of hydrogen-bond donors (Lipinski definition) is 1. The molecule has 0 aromatic heterocycles. The number of ether oxygens (including phenoxy) is 1. The molecule has 0 aliphatic rings. The summed E-state index contributed by atoms with van der Waals surface area (Å²) in [6.07, 6.45) is 0. The number of methoxy groups -OCH3 is 1. The van der Waals surface area contributed by atoms with Crippen molar-refractivity contribution in [2.24, 2.45) is 0 Å². The number of nitrogens with one attached hydrogen (secondary N) is 1. The number of rotatable bonds is 7. The maximum atomic E-state index is 5.57. The number of hydrogen-bond acceptors (Lipinski definition) is 3. The number of thiocarbonyl (C=S) groups is 1. The summed E-state index contributed by atoms with van der Waals surface area (Å²) in [7, 11) is 5.77. The van der Waals surface area contributed by atoms with Crippen molar-refractivity contribution in [3.05, 3.63) is 59.7 Å². The zero-order chi connectivity index (χ0) is 18.2. The molecule has 0 bridgehead atoms. The second-order valence-corrected chi connectivity index (χ2v) is 6.47. The second kappa shape index (κ2) is 9.28. The van der Waals surface area contributed by atoms with Crippen molar-refractivity contribution in [2.45, 2.75) is 20.0 Å². The van der Waals surface area contributed by atoms with Gasteiger partial charge >= 0.3 is 0 Å². The lowest BCUT2D eigenvalue weighted by Crippen LogP contribution is -2.38. The maximum absolute atomic E-state index is 5.57. The van der Waals surface area contributed by atoms with Gasteiger partial charge in [0.15, 0.2) is 5.11 Å². The summed E-state index contributed by atoms with van der Waals surface area (Å²) in [4.78, 5) is 4.27. The van der Waals surface area contributed by atoms with Crippen LogP contribution in [0.1, 0.15) is 18.1 Å². The molecule has 0 saturated heterocycles. The fraction of sp³-hybridized carbons (Fsp3) is 0.350. The molecule has 0 spiro atoms. The molecule has 0 atom stereocenters. The molecule has 5 heteroatoms. The first kappa shape index (κ1) is 19.1. The van der Waals surface area contributed by atoms with Crippen LogP contribution in [0.25, 0.3) is 0 Å². The lowest BCUT2D eigenvalue weighted by Gasteiger charge is -2.25. The van der Waals surface area contributed by atoms with Gasteiger partial charge in [-0.25, -0.2) is 0 Å². The molecule has 4 nitrogen and oxygen atoms in total. The smallest absolute Gasteiger partial charge is 0.169 e. The Bertz CT molecular complexity index is 668. The molecule has 25 heavy (non-hydrogen) atoms. The predicted octanol–water partition coefficient (Wildman–Crippen LogP) is 3.66. The van der Waals surface area contributed by atoms with E-state index in [4.69, 9.17) is 17.0 Å². The summed E-state index contributed by atoms with van der Waals surface area (Å²) in [6, 6.07) is 16.6. The molecule has 2 aromatic rings. The number of benzene rings is 2. The highest BCUT2D eigenvalue weighted by atomic mass is 32.1. The van der Waals surface area contributed by atoms with E-state index >= 15 is 0 Å². The standard InChI is InChI=1S/C20H27N3OS/c1-5-23(15-17-6-10-18(11-7-17)22(2)3)20(25)21-14-16-8-12-19(24-4)13-9-16/h6-13H,5,14-15H2,1-4H3,(H,21,25). The Balaban J connectivity index is 1.91. The lowest BCUT2D eigenvalue weighted by atomic mass is 10.2. The largest absolute Gasteiger partial charge is 0.497 e. The van der Waals surface area contributed by atoms with Gasteiger partial charge in [-0.1, -0.05) is 24.3 Å². The van der Waals surface area contributed by atoms with E-state index in [0.717, 1.165) is 24.0 Å². The van der Waals surface area contributed by atoms with Gasteiger partial charge in [-0.15, -0.1) is 0 Å². The van der Waals surface area contributed by atoms with Crippen LogP contribution in [-0.2, 0) is 13.1 Å². The SMILES string of the molecule is CCN(Cc1ccc(N(C)C)cc1)C(=S)NCc1ccc(OC)cc1. The van der Waals surface area contributed by atoms with Gasteiger partial charge in [0.2, 0.25) is 0 Å². The van der Waals surface area contributed by atoms with Crippen molar-refractivity contribution in [1.29, 1.82) is 0 Å². The zero-order valence-electron chi connectivity index (χ0n) is 15.5. The van der Waals surface area contributed by atoms with Crippen LogP contribution in [0.3, 0.4) is 0 Å². The molecule has 0 heterocycles. The van der Waals surface area contributed by atoms with Gasteiger partial charge in [0.25, 0.3) is 0 Å². The van der Waals surface area contributed by atoms with E-state index in [1.165, 1.54) is 16.8 Å². The zero-order valence-corrected chi connectivity index (χ0v) is 16.3. The second-order valence-electron chi connectivity index (χ2n) is 6.08. The fourth-order valence-electron chi connectivity index (χ4n) is 2.48. The molecule has 2 aromatic carbocycles. The molecule has 1 N–H and O–H groups in total. The first-order valence-corrected chi connectivity index (χ1v) is 8.86. The summed E-state index contributed by atoms with van der Waals surface area (Å²) < 4.78 is 5.18. The van der Waals surface area contributed by atoms with Crippen LogP contribution >= 0.6 is 12.2 Å². The van der Waals surface area contributed by atoms with Gasteiger partial charge in [-0.3, -0.25) is 0 Å². The van der Waals surface area contributed by atoms with Crippen LogP contribution in [0.4, 0.5) is 5.69 Å². The average molecular weight is 358 g/mol. The number of anilines is 1. The Hall–Kier alpha value is -2.27. The third-order valence-corrected chi connectivity index (χ3v) is 4.50. The first-order valence-electron chi connectivity index (χ1n) is 8.45. The third kappa shape index (κ3) is 5.64. The lowest BCUT2D eigenvalue weighted by molar-refractivity contribution is 0.414. The third-order valence-electron chi connectivity index (χ3n) is 4.10. The van der Waals surface area contributed by atoms with E-state index in [-0.39, 0.29) is 0 Å². The molecule has 0 amide bonds. The predicted molar refractivity (Wildman–Crippen MR) is 109 cm³/mol. The molecule has 0 radical (unpaired) electrons. The minimum Gasteiger partial charge on any atom is -0.497 e. The topological polar surface area (TPSA) is 27.7 Å². The summed E-state index contributed by atoms with van der Waals surface area (Å²) in [5, 5.41) is 4.12. The summed E-state index contributed by atoms with van der Waals surface area (Å²) in [6.45, 7) is 4.50. The monoisotopic (exact) mass is 357 g/mol. The van der Waals surface area contributed by atoms with Crippen LogP contribution in [0, 0.1) is 0 Å². The quantitative estimate of drug-likeness (QED) is 0.764. The highest BCUT2D eigenvalue weighted by Gasteiger charge is 2.08. The van der Waals surface area contributed by atoms with E-state index in [9.17, 15) is 0 Å². The van der Waals surface area contributed by atoms with Crippen LogP contribution in [0.5, 0.6) is 5.75 Å². The van der Waals surface area contributed by atoms with Gasteiger partial charge in [-0.05, 0) is 54.5 Å². The van der Waals surface area contributed by atoms with Gasteiger partial charge < -0.3 is 19.9 Å². The van der Waals surface area contributed by atoms with E-state index in [1.807, 2.05) is 38.4 Å². The van der Waals surface area contributed by atoms with Crippen molar-refractivity contribution in [3.8, 4) is 5.75 Å². The Morgan fingerprint density at radius 3 is 2.12 bits per heavy atom. The Kier molecular flexibility index (Phi) is 7.07. The molecule has 0 saturated carbocycles. The van der Waals surface area contributed by atoms with Gasteiger partial charge in [0, 0.05) is 39.4 Å². The molecule has 2 rings (SSSR count). The van der Waals surface area contributed by atoms with Gasteiger partial charge in [0.1, 0.15) is 5.75 Å². The van der Waals surface area contributed by atoms with Crippen molar-refractivity contribution < 1.29 is 4.74 Å². The average Bonchev–Trinajstić information content (AvgIpc) is 2.64. The molecule has 0 fully saturated rings. The van der Waals surface area contributed by atoms with Crippen LogP contribution in [-0.4, -0.2) is 37.8 Å². The molecule has 0 aliphatic heterocycles. The highest BCUT2D eigenvalue weighted by Crippen LogP contribution is 2.14. The molecule has 0 unspecified atom stereocenters. The van der Waals surface area contributed by atoms with Crippen molar-refractivity contribution >= 4 is 23.0 Å². The molecular formula is C20H27N3OS. The summed E-state index contributed by atoms with van der Waals surface area (Å²) in [5.74, 6) is 0.864. The summed E-state index contributed by atoms with van der Waals surface area (Å²) >= 11 is 5.57. The van der Waals surface area contributed by atoms with E-state index in [2.05, 4.69) is 46.3 Å². The van der Waals surface area contributed by atoms with Crippen molar-refractivity contribution in [2.75, 3.05) is 32.6 Å². The molecule has 0 aliphatic carbocycles. The normalized spacial score (nSPS) is 10.2. The first-order chi connectivity index (χ1) is 12.0. The Labute approximate surface area is 156 Å². The van der Waals surface area contributed by atoms with E-state index in [0.29, 0.717) is 6.54 Å². The van der Waals surface area contributed by atoms with Gasteiger partial charge in [0.05, 0.1) is 7.11 Å². The van der Waals surface area contributed by atoms with E-state index in [1.54, 1.807) is 7.11 Å². The Morgan fingerprint density at radius 1 is 1.00 bits per heavy atom. The van der Waals surface area contributed by atoms with Crippen LogP contribution in [0.15, 0.2) is 48.5 Å². The van der Waals surface area contributed by atoms with E-state index < -0.39 is 0 Å². The minimum atomic E-state index is 0.707. The van der Waals surface area contributed by atoms with Crippen molar-refractivity contribution in [1.82, 2.24) is 10.2 Å². The summed E-state index contributed by atoms with van der Waals surface area (Å²) in [5.41, 5.74) is 3.63. The van der Waals surface area contributed by atoms with Crippen molar-refractivity contribution in [3.63, 3.8) is 0 Å². The van der Waals surface area contributed by atoms with Gasteiger partial charge in [-0.2, -0.15) is 0 Å². The Morgan fingerprint density at radius 2 is 1.60 bits per heavy atom. The maximum Gasteiger partial charge on any atom is 0.169 e.